The smallest absolute Gasteiger partial charge is 0.317 e. The van der Waals surface area contributed by atoms with Crippen LogP contribution in [0.1, 0.15) is 6.92 Å². The van der Waals surface area contributed by atoms with E-state index in [1.54, 1.807) is 0 Å². The topological polar surface area (TPSA) is 49.3 Å². The van der Waals surface area contributed by atoms with Crippen molar-refractivity contribution in [1.82, 2.24) is 5.32 Å². The molecule has 0 saturated carbocycles. The van der Waals surface area contributed by atoms with Crippen LogP contribution in [0.3, 0.4) is 0 Å². The number of hydrogen-bond donors (Lipinski definition) is 2. The first-order valence-corrected chi connectivity index (χ1v) is 3.47. The molecule has 0 aliphatic rings. The minimum atomic E-state index is -0.829. The van der Waals surface area contributed by atoms with Crippen molar-refractivity contribution in [3.63, 3.8) is 0 Å². The Kier molecular flexibility index (Phi) is 6.33. The molecule has 0 bridgehead atoms. The number of rotatable bonds is 5. The van der Waals surface area contributed by atoms with E-state index in [-0.39, 0.29) is 6.54 Å². The van der Waals surface area contributed by atoms with Crippen LogP contribution in [0.5, 0.6) is 0 Å². The van der Waals surface area contributed by atoms with Gasteiger partial charge in [-0.3, -0.25) is 4.79 Å². The number of carboxylic acids is 1. The first kappa shape index (κ1) is 9.91. The van der Waals surface area contributed by atoms with E-state index in [0.717, 1.165) is 0 Å². The van der Waals surface area contributed by atoms with Crippen LogP contribution >= 0.6 is 0 Å². The van der Waals surface area contributed by atoms with Gasteiger partial charge >= 0.3 is 5.97 Å². The van der Waals surface area contributed by atoms with Crippen LogP contribution in [-0.2, 0) is 4.79 Å². The van der Waals surface area contributed by atoms with Gasteiger partial charge in [0.25, 0.3) is 0 Å². The molecule has 0 aliphatic heterocycles. The van der Waals surface area contributed by atoms with E-state index in [1.165, 1.54) is 0 Å². The van der Waals surface area contributed by atoms with E-state index >= 15 is 0 Å². The SMILES string of the molecule is CC=CC=CCNCC(=O)O. The van der Waals surface area contributed by atoms with Crippen molar-refractivity contribution in [2.75, 3.05) is 13.1 Å². The molecule has 3 nitrogen and oxygen atoms in total. The van der Waals surface area contributed by atoms with Crippen molar-refractivity contribution < 1.29 is 9.90 Å². The average Bonchev–Trinajstić information content (AvgIpc) is 1.96. The fourth-order valence-electron chi connectivity index (χ4n) is 0.520. The molecule has 0 unspecified atom stereocenters. The largest absolute Gasteiger partial charge is 0.480 e. The third-order valence-electron chi connectivity index (χ3n) is 0.978. The molecule has 0 rings (SSSR count). The summed E-state index contributed by atoms with van der Waals surface area (Å²) in [5.41, 5.74) is 0. The molecule has 0 aromatic rings. The molecule has 11 heavy (non-hydrogen) atoms. The Morgan fingerprint density at radius 2 is 2.27 bits per heavy atom. The number of hydrogen-bond acceptors (Lipinski definition) is 2. The molecule has 0 saturated heterocycles. The fourth-order valence-corrected chi connectivity index (χ4v) is 0.520. The highest BCUT2D eigenvalue weighted by molar-refractivity contribution is 5.68. The summed E-state index contributed by atoms with van der Waals surface area (Å²) in [5.74, 6) is -0.829. The fraction of sp³-hybridized carbons (Fsp3) is 0.375. The van der Waals surface area contributed by atoms with Crippen LogP contribution in [0, 0.1) is 0 Å². The van der Waals surface area contributed by atoms with Gasteiger partial charge in [0.1, 0.15) is 0 Å². The Morgan fingerprint density at radius 1 is 1.55 bits per heavy atom. The van der Waals surface area contributed by atoms with Crippen molar-refractivity contribution in [3.05, 3.63) is 24.3 Å². The van der Waals surface area contributed by atoms with Crippen LogP contribution in [0.4, 0.5) is 0 Å². The molecule has 0 atom stereocenters. The molecular formula is C8H13NO2. The molecule has 62 valence electrons. The Hall–Kier alpha value is -1.09. The Morgan fingerprint density at radius 3 is 2.82 bits per heavy atom. The highest BCUT2D eigenvalue weighted by Gasteiger charge is 1.90. The van der Waals surface area contributed by atoms with Crippen LogP contribution in [0.2, 0.25) is 0 Å². The predicted molar refractivity (Wildman–Crippen MR) is 44.5 cm³/mol. The number of carbonyl (C=O) groups is 1. The van der Waals surface area contributed by atoms with Crippen molar-refractivity contribution in [2.24, 2.45) is 0 Å². The van der Waals surface area contributed by atoms with Gasteiger partial charge < -0.3 is 10.4 Å². The van der Waals surface area contributed by atoms with Gasteiger partial charge in [0.05, 0.1) is 6.54 Å². The van der Waals surface area contributed by atoms with Gasteiger partial charge in [0, 0.05) is 6.54 Å². The van der Waals surface area contributed by atoms with Gasteiger partial charge in [0.2, 0.25) is 0 Å². The van der Waals surface area contributed by atoms with Crippen LogP contribution in [0.15, 0.2) is 24.3 Å². The molecule has 0 fully saturated rings. The van der Waals surface area contributed by atoms with Crippen molar-refractivity contribution in [2.45, 2.75) is 6.92 Å². The zero-order valence-corrected chi connectivity index (χ0v) is 6.58. The summed E-state index contributed by atoms with van der Waals surface area (Å²) in [6, 6.07) is 0. The average molecular weight is 155 g/mol. The molecule has 2 N–H and O–H groups in total. The van der Waals surface area contributed by atoms with E-state index < -0.39 is 5.97 Å². The lowest BCUT2D eigenvalue weighted by atomic mass is 10.4. The van der Waals surface area contributed by atoms with E-state index in [9.17, 15) is 4.79 Å². The van der Waals surface area contributed by atoms with Gasteiger partial charge in [-0.25, -0.2) is 0 Å². The van der Waals surface area contributed by atoms with Gasteiger partial charge in [0.15, 0.2) is 0 Å². The lowest BCUT2D eigenvalue weighted by molar-refractivity contribution is -0.135. The monoisotopic (exact) mass is 155 g/mol. The van der Waals surface area contributed by atoms with Gasteiger partial charge in [-0.2, -0.15) is 0 Å². The predicted octanol–water partition coefficient (Wildman–Crippen LogP) is 0.793. The number of aliphatic carboxylic acids is 1. The zero-order chi connectivity index (χ0) is 8.53. The molecule has 0 aromatic carbocycles. The lowest BCUT2D eigenvalue weighted by Crippen LogP contribution is -2.22. The summed E-state index contributed by atoms with van der Waals surface area (Å²) < 4.78 is 0. The van der Waals surface area contributed by atoms with Crippen LogP contribution < -0.4 is 5.32 Å². The number of carboxylic acid groups (broad SMARTS) is 1. The molecule has 0 aromatic heterocycles. The number of allylic oxidation sites excluding steroid dienone is 3. The third-order valence-corrected chi connectivity index (χ3v) is 0.978. The standard InChI is InChI=1S/C8H13NO2/c1-2-3-4-5-6-9-7-8(10)11/h2-5,9H,6-7H2,1H3,(H,10,11). The van der Waals surface area contributed by atoms with E-state index in [1.807, 2.05) is 31.2 Å². The summed E-state index contributed by atoms with van der Waals surface area (Å²) >= 11 is 0. The van der Waals surface area contributed by atoms with Gasteiger partial charge in [-0.15, -0.1) is 0 Å². The summed E-state index contributed by atoms with van der Waals surface area (Å²) in [6.45, 7) is 2.53. The van der Waals surface area contributed by atoms with Gasteiger partial charge in [-0.1, -0.05) is 24.3 Å². The maximum absolute atomic E-state index is 9.99. The van der Waals surface area contributed by atoms with Crippen LogP contribution in [0.25, 0.3) is 0 Å². The Balaban J connectivity index is 3.20. The molecule has 0 spiro atoms. The third kappa shape index (κ3) is 8.91. The molecular weight excluding hydrogens is 142 g/mol. The minimum Gasteiger partial charge on any atom is -0.480 e. The molecule has 0 radical (unpaired) electrons. The first-order valence-electron chi connectivity index (χ1n) is 3.47. The van der Waals surface area contributed by atoms with Crippen LogP contribution in [-0.4, -0.2) is 24.2 Å². The Labute approximate surface area is 66.4 Å². The molecule has 0 aliphatic carbocycles. The number of nitrogens with one attached hydrogen (secondary N) is 1. The van der Waals surface area contributed by atoms with Crippen molar-refractivity contribution in [1.29, 1.82) is 0 Å². The molecule has 0 amide bonds. The summed E-state index contributed by atoms with van der Waals surface area (Å²) in [5, 5.41) is 10.9. The zero-order valence-electron chi connectivity index (χ0n) is 6.58. The maximum atomic E-state index is 9.99. The first-order chi connectivity index (χ1) is 5.27. The second-order valence-electron chi connectivity index (χ2n) is 1.98. The second kappa shape index (κ2) is 7.02. The molecule has 3 heteroatoms. The van der Waals surface area contributed by atoms with Crippen molar-refractivity contribution in [3.8, 4) is 0 Å². The minimum absolute atomic E-state index is 0.0141. The normalized spacial score (nSPS) is 11.4. The Bertz CT molecular complexity index is 161. The lowest BCUT2D eigenvalue weighted by Gasteiger charge is -1.93. The summed E-state index contributed by atoms with van der Waals surface area (Å²) in [6.07, 6.45) is 7.54. The summed E-state index contributed by atoms with van der Waals surface area (Å²) in [7, 11) is 0. The quantitative estimate of drug-likeness (QED) is 0.456. The van der Waals surface area contributed by atoms with Gasteiger partial charge in [-0.05, 0) is 6.92 Å². The van der Waals surface area contributed by atoms with E-state index in [4.69, 9.17) is 5.11 Å². The van der Waals surface area contributed by atoms with E-state index in [0.29, 0.717) is 6.54 Å². The molecule has 0 heterocycles. The highest BCUT2D eigenvalue weighted by Crippen LogP contribution is 1.74. The van der Waals surface area contributed by atoms with Crippen molar-refractivity contribution >= 4 is 5.97 Å². The second-order valence-corrected chi connectivity index (χ2v) is 1.98. The van der Waals surface area contributed by atoms with E-state index in [2.05, 4.69) is 5.32 Å². The maximum Gasteiger partial charge on any atom is 0.317 e. The summed E-state index contributed by atoms with van der Waals surface area (Å²) in [4.78, 5) is 9.99. The highest BCUT2D eigenvalue weighted by atomic mass is 16.4.